The fourth-order valence-corrected chi connectivity index (χ4v) is 1.76. The number of anilines is 1. The largest absolute Gasteiger partial charge is 0.492 e. The van der Waals surface area contributed by atoms with Gasteiger partial charge in [0.25, 0.3) is 5.91 Å². The van der Waals surface area contributed by atoms with E-state index in [1.54, 1.807) is 7.05 Å². The smallest absolute Gasteiger partial charge is 0.256 e. The van der Waals surface area contributed by atoms with E-state index >= 15 is 0 Å². The van der Waals surface area contributed by atoms with Gasteiger partial charge in [-0.3, -0.25) is 9.48 Å². The van der Waals surface area contributed by atoms with Gasteiger partial charge in [0.05, 0.1) is 12.7 Å². The summed E-state index contributed by atoms with van der Waals surface area (Å²) < 4.78 is 7.00. The van der Waals surface area contributed by atoms with E-state index in [1.807, 2.05) is 31.2 Å². The summed E-state index contributed by atoms with van der Waals surface area (Å²) in [7, 11) is 1.69. The van der Waals surface area contributed by atoms with Gasteiger partial charge in [0.2, 0.25) is 0 Å². The third kappa shape index (κ3) is 3.28. The van der Waals surface area contributed by atoms with Crippen LogP contribution < -0.4 is 15.8 Å². The van der Waals surface area contributed by atoms with E-state index in [1.165, 1.54) is 10.9 Å². The molecule has 0 saturated heterocycles. The van der Waals surface area contributed by atoms with Gasteiger partial charge in [0, 0.05) is 7.05 Å². The fourth-order valence-electron chi connectivity index (χ4n) is 1.76. The lowest BCUT2D eigenvalue weighted by molar-refractivity contribution is 0.0948. The van der Waals surface area contributed by atoms with E-state index in [0.29, 0.717) is 24.5 Å². The minimum Gasteiger partial charge on any atom is -0.492 e. The van der Waals surface area contributed by atoms with Crippen LogP contribution in [0.3, 0.4) is 0 Å². The Balaban J connectivity index is 1.79. The minimum absolute atomic E-state index is 0.247. The van der Waals surface area contributed by atoms with Gasteiger partial charge in [-0.05, 0) is 24.6 Å². The second kappa shape index (κ2) is 6.10. The summed E-state index contributed by atoms with van der Waals surface area (Å²) >= 11 is 0. The van der Waals surface area contributed by atoms with E-state index < -0.39 is 0 Å². The van der Waals surface area contributed by atoms with Crippen LogP contribution in [0.25, 0.3) is 0 Å². The van der Waals surface area contributed by atoms with Crippen LogP contribution in [-0.4, -0.2) is 28.8 Å². The highest BCUT2D eigenvalue weighted by Gasteiger charge is 2.12. The summed E-state index contributed by atoms with van der Waals surface area (Å²) in [4.78, 5) is 11.8. The molecule has 20 heavy (non-hydrogen) atoms. The Morgan fingerprint density at radius 2 is 2.30 bits per heavy atom. The highest BCUT2D eigenvalue weighted by atomic mass is 16.5. The number of nitrogen functional groups attached to an aromatic ring is 1. The molecular weight excluding hydrogens is 256 g/mol. The highest BCUT2D eigenvalue weighted by Crippen LogP contribution is 2.12. The molecule has 0 saturated carbocycles. The minimum atomic E-state index is -0.247. The maximum atomic E-state index is 11.8. The molecule has 2 aromatic rings. The zero-order valence-electron chi connectivity index (χ0n) is 11.6. The molecule has 0 aliphatic carbocycles. The normalized spacial score (nSPS) is 10.3. The number of aromatic nitrogens is 2. The van der Waals surface area contributed by atoms with E-state index in [0.717, 1.165) is 11.3 Å². The molecule has 1 heterocycles. The number of rotatable bonds is 5. The molecule has 0 radical (unpaired) electrons. The van der Waals surface area contributed by atoms with Crippen molar-refractivity contribution in [2.24, 2.45) is 7.05 Å². The summed E-state index contributed by atoms with van der Waals surface area (Å²) in [5, 5.41) is 6.66. The SMILES string of the molecule is Cc1cccc(OCCNC(=O)c2cnn(C)c2N)c1. The first-order chi connectivity index (χ1) is 9.58. The first kappa shape index (κ1) is 13.9. The summed E-state index contributed by atoms with van der Waals surface area (Å²) in [6, 6.07) is 7.76. The Hall–Kier alpha value is -2.50. The number of carbonyl (C=O) groups is 1. The lowest BCUT2D eigenvalue weighted by Crippen LogP contribution is -2.28. The Bertz CT molecular complexity index is 607. The molecule has 0 atom stereocenters. The number of nitrogens with zero attached hydrogens (tertiary/aromatic N) is 2. The quantitative estimate of drug-likeness (QED) is 0.800. The van der Waals surface area contributed by atoms with E-state index in [9.17, 15) is 4.79 Å². The van der Waals surface area contributed by atoms with Crippen LogP contribution in [0.1, 0.15) is 15.9 Å². The third-order valence-corrected chi connectivity index (χ3v) is 2.88. The number of aryl methyl sites for hydroxylation is 2. The number of nitrogens with two attached hydrogens (primary N) is 1. The van der Waals surface area contributed by atoms with Crippen molar-refractivity contribution in [3.05, 3.63) is 41.6 Å². The summed E-state index contributed by atoms with van der Waals surface area (Å²) in [5.41, 5.74) is 7.24. The monoisotopic (exact) mass is 274 g/mol. The first-order valence-corrected chi connectivity index (χ1v) is 6.33. The van der Waals surface area contributed by atoms with Crippen molar-refractivity contribution in [1.82, 2.24) is 15.1 Å². The van der Waals surface area contributed by atoms with Crippen LogP contribution in [0.15, 0.2) is 30.5 Å². The van der Waals surface area contributed by atoms with E-state index in [-0.39, 0.29) is 5.91 Å². The van der Waals surface area contributed by atoms with Crippen molar-refractivity contribution in [1.29, 1.82) is 0 Å². The van der Waals surface area contributed by atoms with Gasteiger partial charge in [-0.2, -0.15) is 5.10 Å². The van der Waals surface area contributed by atoms with Gasteiger partial charge in [-0.25, -0.2) is 0 Å². The van der Waals surface area contributed by atoms with Gasteiger partial charge < -0.3 is 15.8 Å². The average molecular weight is 274 g/mol. The maximum absolute atomic E-state index is 11.8. The van der Waals surface area contributed by atoms with Gasteiger partial charge in [-0.1, -0.05) is 12.1 Å². The van der Waals surface area contributed by atoms with E-state index in [4.69, 9.17) is 10.5 Å². The van der Waals surface area contributed by atoms with Crippen molar-refractivity contribution in [3.8, 4) is 5.75 Å². The number of hydrogen-bond acceptors (Lipinski definition) is 4. The van der Waals surface area contributed by atoms with Gasteiger partial charge >= 0.3 is 0 Å². The molecule has 0 aliphatic rings. The number of amides is 1. The molecule has 0 spiro atoms. The Labute approximate surface area is 117 Å². The number of benzene rings is 1. The first-order valence-electron chi connectivity index (χ1n) is 6.33. The predicted molar refractivity (Wildman–Crippen MR) is 76.6 cm³/mol. The number of hydrogen-bond donors (Lipinski definition) is 2. The van der Waals surface area contributed by atoms with Crippen molar-refractivity contribution in [2.45, 2.75) is 6.92 Å². The molecule has 2 rings (SSSR count). The molecule has 0 aliphatic heterocycles. The Morgan fingerprint density at radius 3 is 2.95 bits per heavy atom. The lowest BCUT2D eigenvalue weighted by atomic mass is 10.2. The molecule has 1 aromatic heterocycles. The third-order valence-electron chi connectivity index (χ3n) is 2.88. The maximum Gasteiger partial charge on any atom is 0.256 e. The lowest BCUT2D eigenvalue weighted by Gasteiger charge is -2.08. The molecule has 0 fully saturated rings. The Kier molecular flexibility index (Phi) is 4.24. The zero-order chi connectivity index (χ0) is 14.5. The molecule has 1 aromatic carbocycles. The van der Waals surface area contributed by atoms with Crippen LogP contribution >= 0.6 is 0 Å². The average Bonchev–Trinajstić information content (AvgIpc) is 2.75. The fraction of sp³-hybridized carbons (Fsp3) is 0.286. The standard InChI is InChI=1S/C14H18N4O2/c1-10-4-3-5-11(8-10)20-7-6-16-14(19)12-9-17-18(2)13(12)15/h3-5,8-9H,6-7,15H2,1-2H3,(H,16,19). The number of nitrogens with one attached hydrogen (secondary N) is 1. The highest BCUT2D eigenvalue weighted by molar-refractivity contribution is 5.98. The number of ether oxygens (including phenoxy) is 1. The van der Waals surface area contributed by atoms with Gasteiger partial charge in [0.15, 0.2) is 0 Å². The van der Waals surface area contributed by atoms with Crippen molar-refractivity contribution in [2.75, 3.05) is 18.9 Å². The summed E-state index contributed by atoms with van der Waals surface area (Å²) in [6.45, 7) is 2.80. The van der Waals surface area contributed by atoms with Crippen LogP contribution in [0, 0.1) is 6.92 Å². The molecule has 6 heteroatoms. The van der Waals surface area contributed by atoms with Crippen LogP contribution in [0.2, 0.25) is 0 Å². The zero-order valence-corrected chi connectivity index (χ0v) is 11.6. The second-order valence-electron chi connectivity index (χ2n) is 4.49. The molecule has 6 nitrogen and oxygen atoms in total. The molecule has 0 bridgehead atoms. The molecule has 0 unspecified atom stereocenters. The Morgan fingerprint density at radius 1 is 1.50 bits per heavy atom. The topological polar surface area (TPSA) is 82.2 Å². The predicted octanol–water partition coefficient (Wildman–Crippen LogP) is 1.12. The summed E-state index contributed by atoms with van der Waals surface area (Å²) in [5.74, 6) is 0.894. The molecule has 1 amide bonds. The van der Waals surface area contributed by atoms with Crippen LogP contribution in [0.5, 0.6) is 5.75 Å². The van der Waals surface area contributed by atoms with Crippen molar-refractivity contribution in [3.63, 3.8) is 0 Å². The van der Waals surface area contributed by atoms with Gasteiger partial charge in [-0.15, -0.1) is 0 Å². The number of carbonyl (C=O) groups excluding carboxylic acids is 1. The van der Waals surface area contributed by atoms with Crippen molar-refractivity contribution >= 4 is 11.7 Å². The van der Waals surface area contributed by atoms with Gasteiger partial charge in [0.1, 0.15) is 23.7 Å². The molecule has 106 valence electrons. The summed E-state index contributed by atoms with van der Waals surface area (Å²) in [6.07, 6.45) is 1.45. The molecular formula is C14H18N4O2. The second-order valence-corrected chi connectivity index (χ2v) is 4.49. The molecule has 3 N–H and O–H groups in total. The van der Waals surface area contributed by atoms with Crippen LogP contribution in [-0.2, 0) is 7.05 Å². The van der Waals surface area contributed by atoms with Crippen LogP contribution in [0.4, 0.5) is 5.82 Å². The van der Waals surface area contributed by atoms with Crippen molar-refractivity contribution < 1.29 is 9.53 Å². The van der Waals surface area contributed by atoms with E-state index in [2.05, 4.69) is 10.4 Å².